The zero-order valence-electron chi connectivity index (χ0n) is 11.7. The molecule has 6 nitrogen and oxygen atoms in total. The molecule has 0 radical (unpaired) electrons. The Bertz CT molecular complexity index is 396. The molecule has 0 aliphatic carbocycles. The van der Waals surface area contributed by atoms with Crippen LogP contribution in [0.3, 0.4) is 0 Å². The third-order valence-electron chi connectivity index (χ3n) is 3.72. The van der Waals surface area contributed by atoms with Crippen molar-refractivity contribution >= 4 is 29.5 Å². The molecule has 1 atom stereocenters. The van der Waals surface area contributed by atoms with Crippen LogP contribution in [-0.4, -0.2) is 59.8 Å². The molecule has 3 amide bonds. The van der Waals surface area contributed by atoms with E-state index >= 15 is 0 Å². The molecule has 20 heavy (non-hydrogen) atoms. The number of likely N-dealkylation sites (tertiary alicyclic amines) is 1. The van der Waals surface area contributed by atoms with Crippen LogP contribution in [0.5, 0.6) is 0 Å². The second kappa shape index (κ2) is 7.08. The number of nitrogens with one attached hydrogen (secondary N) is 2. The Labute approximate surface area is 123 Å². The average Bonchev–Trinajstić information content (AvgIpc) is 2.47. The van der Waals surface area contributed by atoms with Crippen LogP contribution in [0.15, 0.2) is 0 Å². The Morgan fingerprint density at radius 1 is 1.35 bits per heavy atom. The van der Waals surface area contributed by atoms with Gasteiger partial charge in [0.1, 0.15) is 6.04 Å². The molecule has 2 fully saturated rings. The highest BCUT2D eigenvalue weighted by Gasteiger charge is 2.32. The van der Waals surface area contributed by atoms with Crippen molar-refractivity contribution in [2.24, 2.45) is 0 Å². The van der Waals surface area contributed by atoms with Crippen molar-refractivity contribution in [3.63, 3.8) is 0 Å². The molecule has 2 heterocycles. The maximum Gasteiger partial charge on any atom is 0.251 e. The minimum absolute atomic E-state index is 0.116. The number of likely N-dealkylation sites (N-methyl/N-ethyl adjacent to an activating group) is 1. The number of amides is 3. The zero-order valence-corrected chi connectivity index (χ0v) is 12.5. The van der Waals surface area contributed by atoms with Crippen LogP contribution in [0.25, 0.3) is 0 Å². The van der Waals surface area contributed by atoms with Crippen molar-refractivity contribution in [1.29, 1.82) is 0 Å². The largest absolute Gasteiger partial charge is 0.344 e. The van der Waals surface area contributed by atoms with Gasteiger partial charge in [0.25, 0.3) is 5.91 Å². The number of thioether (sulfide) groups is 1. The van der Waals surface area contributed by atoms with Gasteiger partial charge in [-0.15, -0.1) is 11.8 Å². The van der Waals surface area contributed by atoms with E-state index in [2.05, 4.69) is 10.6 Å². The monoisotopic (exact) mass is 299 g/mol. The van der Waals surface area contributed by atoms with Crippen molar-refractivity contribution in [1.82, 2.24) is 15.5 Å². The van der Waals surface area contributed by atoms with E-state index in [9.17, 15) is 14.4 Å². The molecule has 2 rings (SSSR count). The molecule has 112 valence electrons. The van der Waals surface area contributed by atoms with Gasteiger partial charge in [-0.3, -0.25) is 19.3 Å². The molecule has 2 aliphatic heterocycles. The van der Waals surface area contributed by atoms with Crippen LogP contribution in [0, 0.1) is 0 Å². The standard InChI is InChI=1S/C13H21N3O3S/c1-16-12(18)3-2-10(13(16)19)15-11(17)8-20-9-4-6-14-7-5-9/h9-10,14H,2-8H2,1H3,(H,15,17). The van der Waals surface area contributed by atoms with E-state index in [1.165, 1.54) is 7.05 Å². The quantitative estimate of drug-likeness (QED) is 0.699. The molecular formula is C13H21N3O3S. The van der Waals surface area contributed by atoms with Gasteiger partial charge >= 0.3 is 0 Å². The Balaban J connectivity index is 1.73. The summed E-state index contributed by atoms with van der Waals surface area (Å²) in [6.45, 7) is 2.01. The third kappa shape index (κ3) is 3.96. The number of hydrogen-bond acceptors (Lipinski definition) is 5. The van der Waals surface area contributed by atoms with Crippen LogP contribution in [0.2, 0.25) is 0 Å². The van der Waals surface area contributed by atoms with E-state index in [-0.39, 0.29) is 17.7 Å². The highest BCUT2D eigenvalue weighted by Crippen LogP contribution is 2.20. The normalized spacial score (nSPS) is 24.9. The predicted octanol–water partition coefficient (Wildman–Crippen LogP) is -0.265. The molecule has 2 saturated heterocycles. The summed E-state index contributed by atoms with van der Waals surface area (Å²) in [6.07, 6.45) is 2.88. The molecule has 1 unspecified atom stereocenters. The number of rotatable bonds is 4. The van der Waals surface area contributed by atoms with Gasteiger partial charge < -0.3 is 10.6 Å². The fraction of sp³-hybridized carbons (Fsp3) is 0.769. The van der Waals surface area contributed by atoms with Gasteiger partial charge in [-0.05, 0) is 32.4 Å². The van der Waals surface area contributed by atoms with E-state index in [4.69, 9.17) is 0 Å². The number of hydrogen-bond donors (Lipinski definition) is 2. The summed E-state index contributed by atoms with van der Waals surface area (Å²) in [5.74, 6) is -0.216. The second-order valence-corrected chi connectivity index (χ2v) is 6.50. The number of nitrogens with zero attached hydrogens (tertiary/aromatic N) is 1. The van der Waals surface area contributed by atoms with E-state index in [1.54, 1.807) is 11.8 Å². The van der Waals surface area contributed by atoms with Gasteiger partial charge in [0.2, 0.25) is 11.8 Å². The lowest BCUT2D eigenvalue weighted by molar-refractivity contribution is -0.149. The van der Waals surface area contributed by atoms with E-state index in [0.29, 0.717) is 23.8 Å². The van der Waals surface area contributed by atoms with Crippen molar-refractivity contribution < 1.29 is 14.4 Å². The first-order valence-electron chi connectivity index (χ1n) is 7.00. The van der Waals surface area contributed by atoms with Crippen LogP contribution < -0.4 is 10.6 Å². The maximum absolute atomic E-state index is 11.9. The number of carbonyl (C=O) groups is 3. The smallest absolute Gasteiger partial charge is 0.251 e. The maximum atomic E-state index is 11.9. The minimum Gasteiger partial charge on any atom is -0.344 e. The number of imide groups is 1. The molecule has 0 aromatic carbocycles. The highest BCUT2D eigenvalue weighted by molar-refractivity contribution is 8.00. The number of carbonyl (C=O) groups excluding carboxylic acids is 3. The van der Waals surface area contributed by atoms with Crippen molar-refractivity contribution in [3.8, 4) is 0 Å². The second-order valence-electron chi connectivity index (χ2n) is 5.21. The summed E-state index contributed by atoms with van der Waals surface area (Å²) in [4.78, 5) is 36.2. The molecule has 2 aliphatic rings. The molecule has 0 aromatic heterocycles. The lowest BCUT2D eigenvalue weighted by atomic mass is 10.0. The van der Waals surface area contributed by atoms with E-state index in [0.717, 1.165) is 30.8 Å². The van der Waals surface area contributed by atoms with Gasteiger partial charge in [-0.2, -0.15) is 0 Å². The molecule has 7 heteroatoms. The summed E-state index contributed by atoms with van der Waals surface area (Å²) in [6, 6.07) is -0.543. The molecule has 0 spiro atoms. The van der Waals surface area contributed by atoms with Gasteiger partial charge in [0, 0.05) is 18.7 Å². The van der Waals surface area contributed by atoms with Crippen molar-refractivity contribution in [2.75, 3.05) is 25.9 Å². The average molecular weight is 299 g/mol. The van der Waals surface area contributed by atoms with Gasteiger partial charge in [-0.1, -0.05) is 0 Å². The first-order valence-corrected chi connectivity index (χ1v) is 8.05. The molecule has 2 N–H and O–H groups in total. The highest BCUT2D eigenvalue weighted by atomic mass is 32.2. The van der Waals surface area contributed by atoms with Gasteiger partial charge in [0.15, 0.2) is 0 Å². The first-order chi connectivity index (χ1) is 9.58. The van der Waals surface area contributed by atoms with Crippen LogP contribution in [0.4, 0.5) is 0 Å². The first kappa shape index (κ1) is 15.3. The van der Waals surface area contributed by atoms with Crippen LogP contribution in [-0.2, 0) is 14.4 Å². The Kier molecular flexibility index (Phi) is 5.42. The Morgan fingerprint density at radius 3 is 2.75 bits per heavy atom. The zero-order chi connectivity index (χ0) is 14.5. The van der Waals surface area contributed by atoms with Crippen molar-refractivity contribution in [2.45, 2.75) is 37.0 Å². The van der Waals surface area contributed by atoms with Gasteiger partial charge in [0.05, 0.1) is 5.75 Å². The van der Waals surface area contributed by atoms with E-state index < -0.39 is 6.04 Å². The molecule has 0 saturated carbocycles. The minimum atomic E-state index is -0.543. The lowest BCUT2D eigenvalue weighted by Gasteiger charge is -2.28. The van der Waals surface area contributed by atoms with Crippen molar-refractivity contribution in [3.05, 3.63) is 0 Å². The summed E-state index contributed by atoms with van der Waals surface area (Å²) in [5, 5.41) is 6.55. The van der Waals surface area contributed by atoms with E-state index in [1.807, 2.05) is 0 Å². The Hall–Kier alpha value is -1.08. The fourth-order valence-corrected chi connectivity index (χ4v) is 3.48. The summed E-state index contributed by atoms with van der Waals surface area (Å²) >= 11 is 1.65. The predicted molar refractivity (Wildman–Crippen MR) is 77.3 cm³/mol. The number of piperidine rings is 2. The summed E-state index contributed by atoms with van der Waals surface area (Å²) in [7, 11) is 1.47. The van der Waals surface area contributed by atoms with Crippen LogP contribution in [0.1, 0.15) is 25.7 Å². The van der Waals surface area contributed by atoms with Crippen LogP contribution >= 0.6 is 11.8 Å². The summed E-state index contributed by atoms with van der Waals surface area (Å²) in [5.41, 5.74) is 0. The molecular weight excluding hydrogens is 278 g/mol. The molecule has 0 bridgehead atoms. The van der Waals surface area contributed by atoms with Gasteiger partial charge in [-0.25, -0.2) is 0 Å². The lowest BCUT2D eigenvalue weighted by Crippen LogP contribution is -2.53. The summed E-state index contributed by atoms with van der Waals surface area (Å²) < 4.78 is 0. The fourth-order valence-electron chi connectivity index (χ4n) is 2.44. The molecule has 0 aromatic rings. The SMILES string of the molecule is CN1C(=O)CCC(NC(=O)CSC2CCNCC2)C1=O. The third-order valence-corrected chi connectivity index (χ3v) is 5.09. The topological polar surface area (TPSA) is 78.5 Å². The Morgan fingerprint density at radius 2 is 2.05 bits per heavy atom.